The third-order valence-corrected chi connectivity index (χ3v) is 8.13. The lowest BCUT2D eigenvalue weighted by molar-refractivity contribution is 0.0163. The van der Waals surface area contributed by atoms with Gasteiger partial charge in [0.15, 0.2) is 5.82 Å². The Kier molecular flexibility index (Phi) is 7.02. The molecule has 2 aliphatic heterocycles. The summed E-state index contributed by atoms with van der Waals surface area (Å²) in [5.74, 6) is 0.229. The number of anilines is 1. The van der Waals surface area contributed by atoms with Crippen LogP contribution in [0.25, 0.3) is 10.9 Å². The molecule has 3 fully saturated rings. The van der Waals surface area contributed by atoms with Crippen molar-refractivity contribution in [2.24, 2.45) is 5.41 Å². The van der Waals surface area contributed by atoms with E-state index in [4.69, 9.17) is 14.5 Å². The summed E-state index contributed by atoms with van der Waals surface area (Å²) >= 11 is 3.30. The predicted molar refractivity (Wildman–Crippen MR) is 145 cm³/mol. The fourth-order valence-electron chi connectivity index (χ4n) is 5.70. The molecule has 3 heterocycles. The van der Waals surface area contributed by atoms with Crippen molar-refractivity contribution < 1.29 is 18.7 Å². The van der Waals surface area contributed by atoms with Gasteiger partial charge in [0.25, 0.3) is 0 Å². The molecule has 0 N–H and O–H groups in total. The minimum Gasteiger partial charge on any atom is -0.463 e. The number of aromatic nitrogens is 2. The van der Waals surface area contributed by atoms with E-state index in [1.165, 1.54) is 0 Å². The second kappa shape index (κ2) is 9.84. The maximum Gasteiger partial charge on any atom is 0.410 e. The highest BCUT2D eigenvalue weighted by Gasteiger charge is 2.45. The van der Waals surface area contributed by atoms with Gasteiger partial charge in [0.2, 0.25) is 0 Å². The Bertz CT molecular complexity index is 1180. The van der Waals surface area contributed by atoms with Crippen molar-refractivity contribution >= 4 is 38.7 Å². The van der Waals surface area contributed by atoms with Gasteiger partial charge in [-0.3, -0.25) is 0 Å². The van der Waals surface area contributed by atoms with Crippen molar-refractivity contribution in [3.8, 4) is 6.01 Å². The fraction of sp³-hybridized carbons (Fsp3) is 0.667. The van der Waals surface area contributed by atoms with Crippen molar-refractivity contribution in [3.05, 3.63) is 22.4 Å². The molecule has 202 valence electrons. The Morgan fingerprint density at radius 1 is 1.19 bits per heavy atom. The molecule has 0 spiro atoms. The summed E-state index contributed by atoms with van der Waals surface area (Å²) in [4.78, 5) is 28.6. The summed E-state index contributed by atoms with van der Waals surface area (Å²) < 4.78 is 27.5. The van der Waals surface area contributed by atoms with E-state index in [2.05, 4.69) is 44.8 Å². The van der Waals surface area contributed by atoms with Crippen LogP contribution < -0.4 is 9.64 Å². The van der Waals surface area contributed by atoms with E-state index in [0.717, 1.165) is 38.6 Å². The van der Waals surface area contributed by atoms with Crippen LogP contribution in [0, 0.1) is 11.2 Å². The van der Waals surface area contributed by atoms with Crippen LogP contribution in [-0.4, -0.2) is 83.9 Å². The number of halogens is 2. The van der Waals surface area contributed by atoms with Crippen molar-refractivity contribution in [2.75, 3.05) is 45.2 Å². The molecular formula is C27H37BrFN5O3. The third kappa shape index (κ3) is 5.65. The topological polar surface area (TPSA) is 71.0 Å². The second-order valence-electron chi connectivity index (χ2n) is 12.1. The molecule has 8 nitrogen and oxygen atoms in total. The molecule has 2 atom stereocenters. The zero-order valence-electron chi connectivity index (χ0n) is 22.4. The zero-order chi connectivity index (χ0) is 26.5. The van der Waals surface area contributed by atoms with Gasteiger partial charge in [0, 0.05) is 36.5 Å². The molecule has 2 saturated heterocycles. The van der Waals surface area contributed by atoms with Crippen LogP contribution in [-0.2, 0) is 4.74 Å². The highest BCUT2D eigenvalue weighted by molar-refractivity contribution is 9.10. The van der Waals surface area contributed by atoms with Gasteiger partial charge >= 0.3 is 12.1 Å². The van der Waals surface area contributed by atoms with Gasteiger partial charge in [-0.2, -0.15) is 9.97 Å². The number of hydrogen-bond donors (Lipinski definition) is 0. The molecule has 1 aliphatic carbocycles. The van der Waals surface area contributed by atoms with Crippen LogP contribution in [0.2, 0.25) is 0 Å². The van der Waals surface area contributed by atoms with Gasteiger partial charge in [-0.15, -0.1) is 0 Å². The van der Waals surface area contributed by atoms with E-state index < -0.39 is 11.4 Å². The van der Waals surface area contributed by atoms with Gasteiger partial charge in [-0.05, 0) is 95.0 Å². The lowest BCUT2D eigenvalue weighted by atomic mass is 10.1. The highest BCUT2D eigenvalue weighted by atomic mass is 79.9. The summed E-state index contributed by atoms with van der Waals surface area (Å²) in [6, 6.07) is 3.87. The second-order valence-corrected chi connectivity index (χ2v) is 13.0. The van der Waals surface area contributed by atoms with E-state index in [-0.39, 0.29) is 35.1 Å². The average molecular weight is 579 g/mol. The first-order chi connectivity index (χ1) is 17.4. The van der Waals surface area contributed by atoms with Crippen LogP contribution in [0.3, 0.4) is 0 Å². The normalized spacial score (nSPS) is 22.9. The number of hydrogen-bond acceptors (Lipinski definition) is 7. The molecule has 0 unspecified atom stereocenters. The van der Waals surface area contributed by atoms with Gasteiger partial charge in [0.05, 0.1) is 17.1 Å². The summed E-state index contributed by atoms with van der Waals surface area (Å²) in [5.41, 5.74) is -0.202. The number of carbonyl (C=O) groups excluding carboxylic acids is 1. The molecule has 10 heteroatoms. The number of carbonyl (C=O) groups is 1. The molecule has 1 saturated carbocycles. The molecule has 2 bridgehead atoms. The molecule has 0 radical (unpaired) electrons. The molecule has 1 aromatic carbocycles. The van der Waals surface area contributed by atoms with Crippen LogP contribution in [0.15, 0.2) is 16.6 Å². The van der Waals surface area contributed by atoms with E-state index in [9.17, 15) is 4.79 Å². The van der Waals surface area contributed by atoms with E-state index >= 15 is 4.39 Å². The molecule has 3 aliphatic rings. The standard InChI is InChI=1S/C27H37BrFN5O3/c1-26(2,3)37-25(35)34-17-6-7-18(34)14-33(13-10-17)23-19-8-9-20(28)21(29)22(19)30-24(31-23)36-16-27(11-12-27)15-32(4)5/h8-9,17-18H,6-7,10-16H2,1-5H3/t17-,18-/m1/s1. The summed E-state index contributed by atoms with van der Waals surface area (Å²) in [5, 5.41) is 0.643. The van der Waals surface area contributed by atoms with E-state index in [1.807, 2.05) is 31.7 Å². The van der Waals surface area contributed by atoms with Gasteiger partial charge in [-0.1, -0.05) is 0 Å². The maximum absolute atomic E-state index is 15.3. The number of ether oxygens (including phenoxy) is 2. The molecule has 37 heavy (non-hydrogen) atoms. The Balaban J connectivity index is 1.44. The number of benzene rings is 1. The largest absolute Gasteiger partial charge is 0.463 e. The molecule has 1 aromatic heterocycles. The Labute approximate surface area is 226 Å². The number of rotatable bonds is 6. The third-order valence-electron chi connectivity index (χ3n) is 7.52. The number of amides is 1. The van der Waals surface area contributed by atoms with Crippen LogP contribution in [0.1, 0.15) is 52.9 Å². The number of nitrogens with zero attached hydrogens (tertiary/aromatic N) is 5. The van der Waals surface area contributed by atoms with Crippen molar-refractivity contribution in [1.29, 1.82) is 0 Å². The molecule has 1 amide bonds. The molecule has 2 aromatic rings. The SMILES string of the molecule is CN(C)CC1(COc2nc(N3CC[C@H]4CC[C@H](C3)N4C(=O)OC(C)(C)C)c3ccc(Br)c(F)c3n2)CC1. The first kappa shape index (κ1) is 26.4. The smallest absolute Gasteiger partial charge is 0.410 e. The summed E-state index contributed by atoms with van der Waals surface area (Å²) in [6.45, 7) is 8.41. The molecular weight excluding hydrogens is 541 g/mol. The fourth-order valence-corrected chi connectivity index (χ4v) is 6.02. The summed E-state index contributed by atoms with van der Waals surface area (Å²) in [7, 11) is 4.12. The lowest BCUT2D eigenvalue weighted by Gasteiger charge is -2.31. The summed E-state index contributed by atoms with van der Waals surface area (Å²) in [6.07, 6.45) is 4.60. The predicted octanol–water partition coefficient (Wildman–Crippen LogP) is 5.23. The zero-order valence-corrected chi connectivity index (χ0v) is 24.0. The number of fused-ring (bicyclic) bond motifs is 3. The van der Waals surface area contributed by atoms with E-state index in [1.54, 1.807) is 6.07 Å². The highest BCUT2D eigenvalue weighted by Crippen LogP contribution is 2.46. The molecule has 5 rings (SSSR count). The van der Waals surface area contributed by atoms with Crippen LogP contribution in [0.5, 0.6) is 6.01 Å². The van der Waals surface area contributed by atoms with Crippen molar-refractivity contribution in [1.82, 2.24) is 19.8 Å². The van der Waals surface area contributed by atoms with Gasteiger partial charge < -0.3 is 24.2 Å². The van der Waals surface area contributed by atoms with Crippen molar-refractivity contribution in [3.63, 3.8) is 0 Å². The first-order valence-electron chi connectivity index (χ1n) is 13.1. The van der Waals surface area contributed by atoms with Gasteiger partial charge in [0.1, 0.15) is 16.9 Å². The van der Waals surface area contributed by atoms with Crippen LogP contribution in [0.4, 0.5) is 15.0 Å². The monoisotopic (exact) mass is 577 g/mol. The Morgan fingerprint density at radius 3 is 2.59 bits per heavy atom. The average Bonchev–Trinajstić information content (AvgIpc) is 3.47. The Morgan fingerprint density at radius 2 is 1.92 bits per heavy atom. The lowest BCUT2D eigenvalue weighted by Crippen LogP contribution is -2.45. The minimum absolute atomic E-state index is 0.00635. The van der Waals surface area contributed by atoms with E-state index in [0.29, 0.717) is 35.4 Å². The Hall–Kier alpha value is -2.20. The van der Waals surface area contributed by atoms with Crippen molar-refractivity contribution in [2.45, 2.75) is 70.6 Å². The minimum atomic E-state index is -0.548. The first-order valence-corrected chi connectivity index (χ1v) is 13.9. The van der Waals surface area contributed by atoms with Crippen LogP contribution >= 0.6 is 15.9 Å². The maximum atomic E-state index is 15.3. The quantitative estimate of drug-likeness (QED) is 0.465. The van der Waals surface area contributed by atoms with Gasteiger partial charge in [-0.25, -0.2) is 9.18 Å².